The van der Waals surface area contributed by atoms with E-state index in [1.165, 1.54) is 0 Å². The van der Waals surface area contributed by atoms with Gasteiger partial charge in [0.05, 0.1) is 25.4 Å². The van der Waals surface area contributed by atoms with Crippen molar-refractivity contribution in [3.05, 3.63) is 0 Å². The molecule has 3 atom stereocenters. The second kappa shape index (κ2) is 7.90. The Morgan fingerprint density at radius 1 is 1.29 bits per heavy atom. The number of ketones is 1. The molecule has 2 fully saturated rings. The Bertz CT molecular complexity index is 371. The molecule has 21 heavy (non-hydrogen) atoms. The molecule has 1 saturated heterocycles. The fraction of sp³-hybridized carbons (Fsp3) is 0.875. The molecule has 0 aromatic heterocycles. The number of carbonyl (C=O) groups excluding carboxylic acids is 2. The molecule has 1 amide bonds. The molecule has 1 aliphatic heterocycles. The van der Waals surface area contributed by atoms with Gasteiger partial charge in [-0.25, -0.2) is 0 Å². The van der Waals surface area contributed by atoms with Crippen LogP contribution in [0.1, 0.15) is 45.4 Å². The molecule has 1 saturated carbocycles. The highest BCUT2D eigenvalue weighted by Gasteiger charge is 2.31. The lowest BCUT2D eigenvalue weighted by Crippen LogP contribution is -2.50. The first-order valence-electron chi connectivity index (χ1n) is 7.99. The SMILES string of the molecule is COC1CCCC(CC(=O)N2CCOCC2CC(C)=O)C1. The van der Waals surface area contributed by atoms with E-state index in [1.807, 2.05) is 4.90 Å². The largest absolute Gasteiger partial charge is 0.381 e. The molecule has 5 nitrogen and oxygen atoms in total. The second-order valence-electron chi connectivity index (χ2n) is 6.32. The predicted molar refractivity (Wildman–Crippen MR) is 79.0 cm³/mol. The van der Waals surface area contributed by atoms with Crippen molar-refractivity contribution in [2.45, 2.75) is 57.6 Å². The van der Waals surface area contributed by atoms with Gasteiger partial charge >= 0.3 is 0 Å². The van der Waals surface area contributed by atoms with Crippen molar-refractivity contribution in [1.82, 2.24) is 4.90 Å². The van der Waals surface area contributed by atoms with Crippen LogP contribution in [0.5, 0.6) is 0 Å². The number of hydrogen-bond donors (Lipinski definition) is 0. The summed E-state index contributed by atoms with van der Waals surface area (Å²) in [6.45, 7) is 3.24. The van der Waals surface area contributed by atoms with Gasteiger partial charge in [-0.15, -0.1) is 0 Å². The van der Waals surface area contributed by atoms with Crippen molar-refractivity contribution in [1.29, 1.82) is 0 Å². The highest BCUT2D eigenvalue weighted by Crippen LogP contribution is 2.29. The van der Waals surface area contributed by atoms with E-state index in [-0.39, 0.29) is 17.7 Å². The maximum atomic E-state index is 12.6. The van der Waals surface area contributed by atoms with E-state index in [1.54, 1.807) is 14.0 Å². The minimum Gasteiger partial charge on any atom is -0.381 e. The Hall–Kier alpha value is -0.940. The van der Waals surface area contributed by atoms with Crippen LogP contribution >= 0.6 is 0 Å². The molecule has 0 aromatic carbocycles. The van der Waals surface area contributed by atoms with E-state index in [4.69, 9.17) is 9.47 Å². The van der Waals surface area contributed by atoms with Crippen LogP contribution in [0.3, 0.4) is 0 Å². The smallest absolute Gasteiger partial charge is 0.223 e. The van der Waals surface area contributed by atoms with Crippen LogP contribution < -0.4 is 0 Å². The molecule has 0 bridgehead atoms. The predicted octanol–water partition coefficient (Wildman–Crippen LogP) is 1.79. The highest BCUT2D eigenvalue weighted by molar-refractivity contribution is 5.80. The molecular formula is C16H27NO4. The third-order valence-electron chi connectivity index (χ3n) is 4.60. The zero-order valence-corrected chi connectivity index (χ0v) is 13.2. The first-order chi connectivity index (χ1) is 10.1. The van der Waals surface area contributed by atoms with Gasteiger partial charge in [-0.2, -0.15) is 0 Å². The maximum Gasteiger partial charge on any atom is 0.223 e. The van der Waals surface area contributed by atoms with E-state index in [0.717, 1.165) is 25.7 Å². The fourth-order valence-electron chi connectivity index (χ4n) is 3.49. The van der Waals surface area contributed by atoms with Gasteiger partial charge in [-0.1, -0.05) is 6.42 Å². The van der Waals surface area contributed by atoms with E-state index < -0.39 is 0 Å². The highest BCUT2D eigenvalue weighted by atomic mass is 16.5. The Morgan fingerprint density at radius 2 is 2.10 bits per heavy atom. The summed E-state index contributed by atoms with van der Waals surface area (Å²) in [6.07, 6.45) is 5.60. The molecule has 0 spiro atoms. The number of Topliss-reactive ketones (excluding diaryl/α,β-unsaturated/α-hetero) is 1. The van der Waals surface area contributed by atoms with Gasteiger partial charge in [0.2, 0.25) is 5.91 Å². The second-order valence-corrected chi connectivity index (χ2v) is 6.32. The first kappa shape index (κ1) is 16.4. The van der Waals surface area contributed by atoms with Gasteiger partial charge in [-0.3, -0.25) is 9.59 Å². The van der Waals surface area contributed by atoms with Crippen LogP contribution in [0, 0.1) is 5.92 Å². The summed E-state index contributed by atoms with van der Waals surface area (Å²) < 4.78 is 10.9. The molecule has 120 valence electrons. The van der Waals surface area contributed by atoms with Crippen LogP contribution in [0.4, 0.5) is 0 Å². The number of hydrogen-bond acceptors (Lipinski definition) is 4. The van der Waals surface area contributed by atoms with Crippen molar-refractivity contribution in [3.8, 4) is 0 Å². The van der Waals surface area contributed by atoms with Gasteiger partial charge in [0.1, 0.15) is 5.78 Å². The topological polar surface area (TPSA) is 55.8 Å². The lowest BCUT2D eigenvalue weighted by molar-refractivity contribution is -0.142. The Labute approximate surface area is 127 Å². The van der Waals surface area contributed by atoms with Crippen LogP contribution in [-0.4, -0.2) is 55.6 Å². The van der Waals surface area contributed by atoms with Crippen molar-refractivity contribution in [2.75, 3.05) is 26.9 Å². The van der Waals surface area contributed by atoms with Crippen molar-refractivity contribution < 1.29 is 19.1 Å². The molecular weight excluding hydrogens is 270 g/mol. The zero-order chi connectivity index (χ0) is 15.2. The standard InChI is InChI=1S/C16H27NO4/c1-12(18)8-14-11-21-7-6-17(14)16(19)10-13-4-3-5-15(9-13)20-2/h13-15H,3-11H2,1-2H3. The first-order valence-corrected chi connectivity index (χ1v) is 7.99. The lowest BCUT2D eigenvalue weighted by Gasteiger charge is -2.37. The summed E-state index contributed by atoms with van der Waals surface area (Å²) in [5, 5.41) is 0. The van der Waals surface area contributed by atoms with E-state index >= 15 is 0 Å². The molecule has 0 radical (unpaired) electrons. The van der Waals surface area contributed by atoms with Crippen LogP contribution in [-0.2, 0) is 19.1 Å². The Kier molecular flexibility index (Phi) is 6.18. The molecule has 2 aliphatic rings. The molecule has 2 rings (SSSR count). The van der Waals surface area contributed by atoms with Crippen LogP contribution in [0.15, 0.2) is 0 Å². The van der Waals surface area contributed by atoms with Crippen molar-refractivity contribution >= 4 is 11.7 Å². The Morgan fingerprint density at radius 3 is 2.81 bits per heavy atom. The van der Waals surface area contributed by atoms with Gasteiger partial charge in [0, 0.05) is 26.5 Å². The third kappa shape index (κ3) is 4.78. The average molecular weight is 297 g/mol. The summed E-state index contributed by atoms with van der Waals surface area (Å²) >= 11 is 0. The summed E-state index contributed by atoms with van der Waals surface area (Å²) in [4.78, 5) is 25.8. The molecule has 3 unspecified atom stereocenters. The quantitative estimate of drug-likeness (QED) is 0.776. The number of amides is 1. The summed E-state index contributed by atoms with van der Waals surface area (Å²) in [7, 11) is 1.75. The van der Waals surface area contributed by atoms with E-state index in [9.17, 15) is 9.59 Å². The minimum atomic E-state index is -0.0782. The van der Waals surface area contributed by atoms with Gasteiger partial charge < -0.3 is 14.4 Å². The molecule has 0 aromatic rings. The Balaban J connectivity index is 1.89. The third-order valence-corrected chi connectivity index (χ3v) is 4.60. The number of carbonyl (C=O) groups is 2. The minimum absolute atomic E-state index is 0.0782. The summed E-state index contributed by atoms with van der Waals surface area (Å²) in [5.41, 5.74) is 0. The van der Waals surface area contributed by atoms with Gasteiger partial charge in [0.15, 0.2) is 0 Å². The van der Waals surface area contributed by atoms with Gasteiger partial charge in [-0.05, 0) is 32.1 Å². The zero-order valence-electron chi connectivity index (χ0n) is 13.2. The number of rotatable bonds is 5. The lowest BCUT2D eigenvalue weighted by atomic mass is 9.84. The fourth-order valence-corrected chi connectivity index (χ4v) is 3.49. The molecule has 1 heterocycles. The maximum absolute atomic E-state index is 12.6. The number of ether oxygens (including phenoxy) is 2. The normalized spacial score (nSPS) is 30.2. The molecule has 1 aliphatic carbocycles. The average Bonchev–Trinajstić information content (AvgIpc) is 2.47. The van der Waals surface area contributed by atoms with Crippen molar-refractivity contribution in [3.63, 3.8) is 0 Å². The number of nitrogens with zero attached hydrogens (tertiary/aromatic N) is 1. The molecule has 0 N–H and O–H groups in total. The molecule has 5 heteroatoms. The summed E-state index contributed by atoms with van der Waals surface area (Å²) in [6, 6.07) is -0.0782. The monoisotopic (exact) mass is 297 g/mol. The van der Waals surface area contributed by atoms with Crippen molar-refractivity contribution in [2.24, 2.45) is 5.92 Å². The van der Waals surface area contributed by atoms with E-state index in [2.05, 4.69) is 0 Å². The van der Waals surface area contributed by atoms with Crippen LogP contribution in [0.2, 0.25) is 0 Å². The summed E-state index contributed by atoms with van der Waals surface area (Å²) in [5.74, 6) is 0.698. The van der Waals surface area contributed by atoms with E-state index in [0.29, 0.717) is 44.6 Å². The number of methoxy groups -OCH3 is 1. The number of morpholine rings is 1. The van der Waals surface area contributed by atoms with Crippen LogP contribution in [0.25, 0.3) is 0 Å². The van der Waals surface area contributed by atoms with Gasteiger partial charge in [0.25, 0.3) is 0 Å².